The lowest BCUT2D eigenvalue weighted by Gasteiger charge is -2.24. The summed E-state index contributed by atoms with van der Waals surface area (Å²) in [6.07, 6.45) is 0.351. The Balaban J connectivity index is 5.23. The van der Waals surface area contributed by atoms with Crippen molar-refractivity contribution in [3.8, 4) is 0 Å². The number of carboxylic acids is 2. The highest BCUT2D eigenvalue weighted by atomic mass is 16.4. The van der Waals surface area contributed by atoms with Gasteiger partial charge in [-0.05, 0) is 32.1 Å². The van der Waals surface area contributed by atoms with Crippen molar-refractivity contribution in [2.75, 3.05) is 6.54 Å². The van der Waals surface area contributed by atoms with E-state index in [0.717, 1.165) is 0 Å². The highest BCUT2D eigenvalue weighted by Gasteiger charge is 2.29. The summed E-state index contributed by atoms with van der Waals surface area (Å²) < 4.78 is 0. The molecule has 14 nitrogen and oxygen atoms in total. The number of hydrogen-bond acceptors (Lipinski definition) is 7. The molecule has 0 aromatic rings. The molecule has 0 radical (unpaired) electrons. The molecule has 0 aromatic heterocycles. The molecule has 0 heterocycles. The highest BCUT2D eigenvalue weighted by Crippen LogP contribution is 2.07. The van der Waals surface area contributed by atoms with E-state index in [2.05, 4.69) is 20.9 Å². The number of hydrogen-bond donors (Lipinski definition) is 8. The number of carboxylic acid groups (broad SMARTS) is 2. The zero-order chi connectivity index (χ0) is 26.4. The van der Waals surface area contributed by atoms with Gasteiger partial charge in [-0.1, -0.05) is 20.3 Å². The average molecular weight is 488 g/mol. The number of nitrogens with zero attached hydrogens (tertiary/aromatic N) is 1. The molecule has 14 heteroatoms. The third-order valence-corrected chi connectivity index (χ3v) is 5.15. The van der Waals surface area contributed by atoms with Crippen LogP contribution in [0.4, 0.5) is 0 Å². The molecule has 0 saturated carbocycles. The van der Waals surface area contributed by atoms with Gasteiger partial charge in [0.25, 0.3) is 0 Å². The van der Waals surface area contributed by atoms with Crippen molar-refractivity contribution >= 4 is 35.6 Å². The van der Waals surface area contributed by atoms with Crippen LogP contribution in [0.3, 0.4) is 0 Å². The monoisotopic (exact) mass is 487 g/mol. The summed E-state index contributed by atoms with van der Waals surface area (Å²) in [4.78, 5) is 63.4. The van der Waals surface area contributed by atoms with Crippen LogP contribution in [0, 0.1) is 5.92 Å². The first-order chi connectivity index (χ1) is 15.8. The van der Waals surface area contributed by atoms with Crippen LogP contribution in [0.5, 0.6) is 0 Å². The minimum absolute atomic E-state index is 0.120. The lowest BCUT2D eigenvalue weighted by Crippen LogP contribution is -2.57. The van der Waals surface area contributed by atoms with Crippen LogP contribution in [0.25, 0.3) is 0 Å². The fourth-order valence-electron chi connectivity index (χ4n) is 2.75. The Hall–Kier alpha value is -3.42. The van der Waals surface area contributed by atoms with Crippen molar-refractivity contribution in [3.63, 3.8) is 0 Å². The topological polar surface area (TPSA) is 252 Å². The number of carbonyl (C=O) groups excluding carboxylic acids is 3. The van der Waals surface area contributed by atoms with Gasteiger partial charge < -0.3 is 43.4 Å². The molecule has 0 aliphatic rings. The molecule has 0 aliphatic heterocycles. The Morgan fingerprint density at radius 1 is 0.882 bits per heavy atom. The molecule has 5 unspecified atom stereocenters. The van der Waals surface area contributed by atoms with Gasteiger partial charge in [-0.3, -0.25) is 24.2 Å². The third kappa shape index (κ3) is 12.0. The van der Waals surface area contributed by atoms with Crippen molar-refractivity contribution in [1.29, 1.82) is 0 Å². The molecule has 11 N–H and O–H groups in total. The van der Waals surface area contributed by atoms with E-state index in [1.54, 1.807) is 6.92 Å². The van der Waals surface area contributed by atoms with Crippen LogP contribution in [-0.4, -0.2) is 76.5 Å². The van der Waals surface area contributed by atoms with Crippen LogP contribution in [0.2, 0.25) is 0 Å². The Morgan fingerprint density at radius 3 is 1.97 bits per heavy atom. The van der Waals surface area contributed by atoms with Gasteiger partial charge in [0.2, 0.25) is 17.7 Å². The normalized spacial score (nSPS) is 15.1. The maximum absolute atomic E-state index is 12.8. The lowest BCUT2D eigenvalue weighted by atomic mass is 9.98. The van der Waals surface area contributed by atoms with Crippen LogP contribution in [0.15, 0.2) is 4.99 Å². The standard InChI is InChI=1S/C20H37N7O7/c1-4-10(2)15(21)18(32)26-12(6-5-9-24-20(22)23)17(31)25-11(3)16(30)27-13(19(33)34)7-8-14(28)29/h10-13,15H,4-9,21H2,1-3H3,(H,25,31)(H,26,32)(H,27,30)(H,28,29)(H,33,34)(H4,22,23,24). The maximum Gasteiger partial charge on any atom is 0.326 e. The average Bonchev–Trinajstić information content (AvgIpc) is 2.76. The summed E-state index contributed by atoms with van der Waals surface area (Å²) in [6.45, 7) is 5.21. The Bertz CT molecular complexity index is 756. The Morgan fingerprint density at radius 2 is 1.47 bits per heavy atom. The number of nitrogens with one attached hydrogen (secondary N) is 3. The molecule has 3 amide bonds. The summed E-state index contributed by atoms with van der Waals surface area (Å²) >= 11 is 0. The van der Waals surface area contributed by atoms with E-state index in [1.165, 1.54) is 6.92 Å². The summed E-state index contributed by atoms with van der Waals surface area (Å²) in [5, 5.41) is 25.1. The van der Waals surface area contributed by atoms with Crippen molar-refractivity contribution in [3.05, 3.63) is 0 Å². The molecule has 0 rings (SSSR count). The number of carbonyl (C=O) groups is 5. The molecule has 0 spiro atoms. The van der Waals surface area contributed by atoms with E-state index < -0.39 is 60.2 Å². The molecule has 0 bridgehead atoms. The molecule has 0 saturated heterocycles. The largest absolute Gasteiger partial charge is 0.481 e. The second-order valence-corrected chi connectivity index (χ2v) is 7.98. The number of nitrogens with two attached hydrogens (primary N) is 3. The van der Waals surface area contributed by atoms with E-state index in [1.807, 2.05) is 6.92 Å². The van der Waals surface area contributed by atoms with Crippen LogP contribution in [0.1, 0.15) is 52.9 Å². The summed E-state index contributed by atoms with van der Waals surface area (Å²) in [5.41, 5.74) is 16.5. The van der Waals surface area contributed by atoms with Gasteiger partial charge in [0, 0.05) is 13.0 Å². The summed E-state index contributed by atoms with van der Waals surface area (Å²) in [7, 11) is 0. The third-order valence-electron chi connectivity index (χ3n) is 5.15. The van der Waals surface area contributed by atoms with Gasteiger partial charge >= 0.3 is 11.9 Å². The van der Waals surface area contributed by atoms with Gasteiger partial charge in [-0.15, -0.1) is 0 Å². The van der Waals surface area contributed by atoms with E-state index in [9.17, 15) is 29.1 Å². The number of guanidine groups is 1. The SMILES string of the molecule is CCC(C)C(N)C(=O)NC(CCCN=C(N)N)C(=O)NC(C)C(=O)NC(CCC(=O)O)C(=O)O. The number of amides is 3. The smallest absolute Gasteiger partial charge is 0.326 e. The fourth-order valence-corrected chi connectivity index (χ4v) is 2.75. The summed E-state index contributed by atoms with van der Waals surface area (Å²) in [6, 6.07) is -4.50. The zero-order valence-corrected chi connectivity index (χ0v) is 19.7. The molecule has 0 aromatic carbocycles. The van der Waals surface area contributed by atoms with Crippen molar-refractivity contribution < 1.29 is 34.2 Å². The molecular weight excluding hydrogens is 450 g/mol. The molecule has 194 valence electrons. The van der Waals surface area contributed by atoms with Gasteiger partial charge in [0.15, 0.2) is 5.96 Å². The van der Waals surface area contributed by atoms with E-state index in [0.29, 0.717) is 12.8 Å². The number of aliphatic carboxylic acids is 2. The predicted octanol–water partition coefficient (Wildman–Crippen LogP) is -2.16. The van der Waals surface area contributed by atoms with E-state index in [-0.39, 0.29) is 31.3 Å². The van der Waals surface area contributed by atoms with Crippen molar-refractivity contribution in [2.24, 2.45) is 28.1 Å². The minimum Gasteiger partial charge on any atom is -0.481 e. The molecule has 0 fully saturated rings. The first-order valence-electron chi connectivity index (χ1n) is 11.0. The van der Waals surface area contributed by atoms with Crippen LogP contribution < -0.4 is 33.2 Å². The zero-order valence-electron chi connectivity index (χ0n) is 19.7. The predicted molar refractivity (Wildman–Crippen MR) is 123 cm³/mol. The van der Waals surface area contributed by atoms with Crippen molar-refractivity contribution in [1.82, 2.24) is 16.0 Å². The van der Waals surface area contributed by atoms with E-state index >= 15 is 0 Å². The van der Waals surface area contributed by atoms with Crippen LogP contribution >= 0.6 is 0 Å². The number of aliphatic imine (C=N–C) groups is 1. The highest BCUT2D eigenvalue weighted by molar-refractivity contribution is 5.94. The molecule has 34 heavy (non-hydrogen) atoms. The maximum atomic E-state index is 12.8. The lowest BCUT2D eigenvalue weighted by molar-refractivity contribution is -0.143. The molecule has 5 atom stereocenters. The second kappa shape index (κ2) is 15.4. The fraction of sp³-hybridized carbons (Fsp3) is 0.700. The van der Waals surface area contributed by atoms with Crippen molar-refractivity contribution in [2.45, 2.75) is 77.0 Å². The van der Waals surface area contributed by atoms with E-state index in [4.69, 9.17) is 22.3 Å². The van der Waals surface area contributed by atoms with Gasteiger partial charge in [0.1, 0.15) is 18.1 Å². The summed E-state index contributed by atoms with van der Waals surface area (Å²) in [5.74, 6) is -4.91. The minimum atomic E-state index is -1.44. The first-order valence-corrected chi connectivity index (χ1v) is 11.0. The Kier molecular flexibility index (Phi) is 13.9. The Labute approximate surface area is 198 Å². The molecular formula is C20H37N7O7. The van der Waals surface area contributed by atoms with Crippen LogP contribution in [-0.2, 0) is 24.0 Å². The van der Waals surface area contributed by atoms with Gasteiger partial charge in [0.05, 0.1) is 6.04 Å². The number of rotatable bonds is 16. The molecule has 0 aliphatic carbocycles. The quantitative estimate of drug-likeness (QED) is 0.0664. The first kappa shape index (κ1) is 30.6. The second-order valence-electron chi connectivity index (χ2n) is 7.98. The van der Waals surface area contributed by atoms with Gasteiger partial charge in [-0.25, -0.2) is 4.79 Å². The van der Waals surface area contributed by atoms with Gasteiger partial charge in [-0.2, -0.15) is 0 Å².